The van der Waals surface area contributed by atoms with E-state index < -0.39 is 0 Å². The Balaban J connectivity index is 1.84. The van der Waals surface area contributed by atoms with E-state index in [-0.39, 0.29) is 18.1 Å². The summed E-state index contributed by atoms with van der Waals surface area (Å²) in [6.45, 7) is 0. The molecule has 0 saturated heterocycles. The number of rotatable bonds is 4. The molecule has 3 N–H and O–H groups in total. The first-order valence-corrected chi connectivity index (χ1v) is 6.75. The highest BCUT2D eigenvalue weighted by Crippen LogP contribution is 2.27. The Kier molecular flexibility index (Phi) is 3.62. The largest absolute Gasteiger partial charge is 0.508 e. The fourth-order valence-electron chi connectivity index (χ4n) is 2.17. The normalized spacial score (nSPS) is 10.5. The lowest BCUT2D eigenvalue weighted by Gasteiger charge is -1.99. The molecule has 22 heavy (non-hydrogen) atoms. The van der Waals surface area contributed by atoms with Crippen LogP contribution >= 0.6 is 0 Å². The number of phenols is 1. The number of nitrogens with zero attached hydrogens (tertiary/aromatic N) is 1. The fraction of sp³-hybridized carbons (Fsp3) is 0.0588. The summed E-state index contributed by atoms with van der Waals surface area (Å²) in [6, 6.07) is 16.0. The molecule has 0 fully saturated rings. The number of hydrogen-bond donors (Lipinski definition) is 2. The Bertz CT molecular complexity index is 790. The second-order valence-corrected chi connectivity index (χ2v) is 4.96. The lowest BCUT2D eigenvalue weighted by Crippen LogP contribution is -2.13. The van der Waals surface area contributed by atoms with Crippen LogP contribution in [0.1, 0.15) is 5.56 Å². The topological polar surface area (TPSA) is 89.4 Å². The maximum atomic E-state index is 10.9. The molecule has 0 aliphatic heterocycles. The lowest BCUT2D eigenvalue weighted by molar-refractivity contribution is -0.117. The van der Waals surface area contributed by atoms with Crippen molar-refractivity contribution < 1.29 is 14.4 Å². The van der Waals surface area contributed by atoms with Gasteiger partial charge in [0, 0.05) is 17.2 Å². The van der Waals surface area contributed by atoms with Crippen LogP contribution in [0, 0.1) is 0 Å². The van der Waals surface area contributed by atoms with Crippen molar-refractivity contribution in [2.45, 2.75) is 6.42 Å². The molecule has 1 aromatic heterocycles. The number of carbonyl (C=O) groups excluding carboxylic acids is 1. The van der Waals surface area contributed by atoms with E-state index in [2.05, 4.69) is 5.16 Å². The van der Waals surface area contributed by atoms with Crippen molar-refractivity contribution in [2.24, 2.45) is 5.73 Å². The van der Waals surface area contributed by atoms with Gasteiger partial charge in [-0.25, -0.2) is 0 Å². The fourth-order valence-corrected chi connectivity index (χ4v) is 2.17. The summed E-state index contributed by atoms with van der Waals surface area (Å²) in [5.74, 6) is 0.480. The summed E-state index contributed by atoms with van der Waals surface area (Å²) in [7, 11) is 0. The predicted octanol–water partition coefficient (Wildman–Crippen LogP) is 2.74. The van der Waals surface area contributed by atoms with Crippen molar-refractivity contribution in [3.05, 3.63) is 60.2 Å². The summed E-state index contributed by atoms with van der Waals surface area (Å²) < 4.78 is 5.35. The number of amides is 1. The van der Waals surface area contributed by atoms with E-state index >= 15 is 0 Å². The maximum absolute atomic E-state index is 10.9. The van der Waals surface area contributed by atoms with Crippen LogP contribution < -0.4 is 5.73 Å². The van der Waals surface area contributed by atoms with Gasteiger partial charge in [0.15, 0.2) is 5.76 Å². The quantitative estimate of drug-likeness (QED) is 0.774. The van der Waals surface area contributed by atoms with Gasteiger partial charge in [-0.3, -0.25) is 4.79 Å². The van der Waals surface area contributed by atoms with Crippen molar-refractivity contribution in [3.8, 4) is 28.3 Å². The zero-order chi connectivity index (χ0) is 15.5. The van der Waals surface area contributed by atoms with Gasteiger partial charge in [-0.05, 0) is 29.8 Å². The van der Waals surface area contributed by atoms with Crippen molar-refractivity contribution >= 4 is 5.91 Å². The molecule has 0 spiro atoms. The summed E-state index contributed by atoms with van der Waals surface area (Å²) in [6.07, 6.45) is 0.218. The van der Waals surface area contributed by atoms with Crippen LogP contribution in [0.25, 0.3) is 22.6 Å². The third kappa shape index (κ3) is 2.98. The van der Waals surface area contributed by atoms with Crippen LogP contribution in [0.4, 0.5) is 0 Å². The Morgan fingerprint density at radius 3 is 2.32 bits per heavy atom. The second kappa shape index (κ2) is 5.73. The number of benzene rings is 2. The van der Waals surface area contributed by atoms with Crippen LogP contribution in [0.5, 0.6) is 5.75 Å². The monoisotopic (exact) mass is 294 g/mol. The molecular formula is C17H14N2O3. The highest BCUT2D eigenvalue weighted by Gasteiger charge is 2.09. The molecule has 0 saturated carbocycles. The van der Waals surface area contributed by atoms with Crippen LogP contribution in [-0.4, -0.2) is 16.2 Å². The van der Waals surface area contributed by atoms with E-state index in [9.17, 15) is 9.90 Å². The van der Waals surface area contributed by atoms with Crippen molar-refractivity contribution in [2.75, 3.05) is 0 Å². The Labute approximate surface area is 127 Å². The molecule has 5 nitrogen and oxygen atoms in total. The average molecular weight is 294 g/mol. The first-order chi connectivity index (χ1) is 10.6. The third-order valence-electron chi connectivity index (χ3n) is 3.29. The minimum atomic E-state index is -0.359. The van der Waals surface area contributed by atoms with Crippen LogP contribution in [-0.2, 0) is 11.2 Å². The first-order valence-electron chi connectivity index (χ1n) is 6.75. The van der Waals surface area contributed by atoms with Gasteiger partial charge in [0.1, 0.15) is 11.4 Å². The molecule has 110 valence electrons. The third-order valence-corrected chi connectivity index (χ3v) is 3.29. The van der Waals surface area contributed by atoms with Gasteiger partial charge in [-0.2, -0.15) is 0 Å². The number of aromatic nitrogens is 1. The highest BCUT2D eigenvalue weighted by molar-refractivity contribution is 5.77. The molecule has 0 bridgehead atoms. The lowest BCUT2D eigenvalue weighted by atomic mass is 10.1. The van der Waals surface area contributed by atoms with Gasteiger partial charge >= 0.3 is 0 Å². The van der Waals surface area contributed by atoms with Gasteiger partial charge in [0.2, 0.25) is 5.91 Å². The maximum Gasteiger partial charge on any atom is 0.221 e. The molecule has 0 unspecified atom stereocenters. The number of hydrogen-bond acceptors (Lipinski definition) is 4. The SMILES string of the molecule is NC(=O)Cc1ccc(-c2cc(-c3ccc(O)cc3)no2)cc1. The van der Waals surface area contributed by atoms with Gasteiger partial charge in [-0.15, -0.1) is 0 Å². The smallest absolute Gasteiger partial charge is 0.221 e. The van der Waals surface area contributed by atoms with Gasteiger partial charge in [0.05, 0.1) is 6.42 Å². The molecule has 3 rings (SSSR count). The highest BCUT2D eigenvalue weighted by atomic mass is 16.5. The van der Waals surface area contributed by atoms with Crippen LogP contribution in [0.2, 0.25) is 0 Å². The van der Waals surface area contributed by atoms with E-state index in [0.717, 1.165) is 16.7 Å². The molecule has 0 aliphatic rings. The molecule has 2 aromatic carbocycles. The van der Waals surface area contributed by atoms with E-state index in [0.29, 0.717) is 11.5 Å². The molecule has 5 heteroatoms. The minimum absolute atomic E-state index is 0.206. The van der Waals surface area contributed by atoms with Gasteiger partial charge < -0.3 is 15.4 Å². The summed E-state index contributed by atoms with van der Waals surface area (Å²) in [5.41, 5.74) is 8.44. The van der Waals surface area contributed by atoms with Crippen molar-refractivity contribution in [3.63, 3.8) is 0 Å². The first kappa shape index (κ1) is 13.9. The van der Waals surface area contributed by atoms with E-state index in [1.165, 1.54) is 0 Å². The van der Waals surface area contributed by atoms with Gasteiger partial charge in [-0.1, -0.05) is 29.4 Å². The Morgan fingerprint density at radius 1 is 1.05 bits per heavy atom. The van der Waals surface area contributed by atoms with E-state index in [1.54, 1.807) is 24.3 Å². The number of primary amides is 1. The zero-order valence-corrected chi connectivity index (χ0v) is 11.7. The van der Waals surface area contributed by atoms with Crippen LogP contribution in [0.15, 0.2) is 59.1 Å². The molecule has 0 aliphatic carbocycles. The Morgan fingerprint density at radius 2 is 1.68 bits per heavy atom. The standard InChI is InChI=1S/C17H14N2O3/c18-17(21)9-11-1-3-13(4-2-11)16-10-15(19-22-16)12-5-7-14(20)8-6-12/h1-8,10,20H,9H2,(H2,18,21). The predicted molar refractivity (Wildman–Crippen MR) is 81.9 cm³/mol. The zero-order valence-electron chi connectivity index (χ0n) is 11.7. The number of aromatic hydroxyl groups is 1. The molecule has 0 atom stereocenters. The number of carbonyl (C=O) groups is 1. The van der Waals surface area contributed by atoms with Crippen LogP contribution in [0.3, 0.4) is 0 Å². The number of phenolic OH excluding ortho intramolecular Hbond substituents is 1. The van der Waals surface area contributed by atoms with Gasteiger partial charge in [0.25, 0.3) is 0 Å². The summed E-state index contributed by atoms with van der Waals surface area (Å²) >= 11 is 0. The summed E-state index contributed by atoms with van der Waals surface area (Å²) in [4.78, 5) is 10.9. The number of nitrogens with two attached hydrogens (primary N) is 1. The van der Waals surface area contributed by atoms with Crippen molar-refractivity contribution in [1.29, 1.82) is 0 Å². The molecule has 3 aromatic rings. The summed E-state index contributed by atoms with van der Waals surface area (Å²) in [5, 5.41) is 13.3. The Hall–Kier alpha value is -3.08. The van der Waals surface area contributed by atoms with Crippen molar-refractivity contribution in [1.82, 2.24) is 5.16 Å². The molecule has 1 amide bonds. The molecular weight excluding hydrogens is 280 g/mol. The van der Waals surface area contributed by atoms with E-state index in [4.69, 9.17) is 10.3 Å². The average Bonchev–Trinajstić information content (AvgIpc) is 2.98. The van der Waals surface area contributed by atoms with E-state index in [1.807, 2.05) is 30.3 Å². The minimum Gasteiger partial charge on any atom is -0.508 e. The molecule has 0 radical (unpaired) electrons. The second-order valence-electron chi connectivity index (χ2n) is 4.96. The molecule has 1 heterocycles.